The Morgan fingerprint density at radius 1 is 1.35 bits per heavy atom. The van der Waals surface area contributed by atoms with Crippen LogP contribution in [0.4, 0.5) is 0 Å². The first kappa shape index (κ1) is 16.7. The maximum Gasteiger partial charge on any atom is 0.303 e. The van der Waals surface area contributed by atoms with E-state index >= 15 is 0 Å². The number of rotatable bonds is 5. The van der Waals surface area contributed by atoms with Crippen LogP contribution < -0.4 is 0 Å². The van der Waals surface area contributed by atoms with E-state index in [1.807, 2.05) is 0 Å². The third-order valence-corrected chi connectivity index (χ3v) is 3.45. The molecule has 0 saturated carbocycles. The summed E-state index contributed by atoms with van der Waals surface area (Å²) in [6, 6.07) is 0.678. The Bertz CT molecular complexity index is 238. The number of halogens is 1. The molecule has 1 saturated heterocycles. The largest absolute Gasteiger partial charge is 0.481 e. The number of hydrogen-bond donors (Lipinski definition) is 1. The molecule has 1 heterocycles. The highest BCUT2D eigenvalue weighted by atomic mass is 35.5. The Labute approximate surface area is 111 Å². The van der Waals surface area contributed by atoms with Gasteiger partial charge in [-0.05, 0) is 44.2 Å². The molecule has 4 heteroatoms. The third-order valence-electron chi connectivity index (χ3n) is 3.45. The van der Waals surface area contributed by atoms with Gasteiger partial charge in [-0.3, -0.25) is 9.69 Å². The van der Waals surface area contributed by atoms with Crippen LogP contribution in [0.3, 0.4) is 0 Å². The third kappa shape index (κ3) is 5.73. The van der Waals surface area contributed by atoms with Crippen molar-refractivity contribution in [3.05, 3.63) is 0 Å². The Balaban J connectivity index is 0.00000256. The fourth-order valence-electron chi connectivity index (χ4n) is 2.67. The molecule has 1 N–H and O–H groups in total. The second kappa shape index (κ2) is 7.22. The highest BCUT2D eigenvalue weighted by molar-refractivity contribution is 5.85. The van der Waals surface area contributed by atoms with E-state index < -0.39 is 5.97 Å². The SMILES string of the molecule is CC(C)(C)C1CCCN1CCCCC(=O)O.Cl. The number of carboxylic acid groups (broad SMARTS) is 1. The normalized spacial score (nSPS) is 21.2. The van der Waals surface area contributed by atoms with E-state index in [4.69, 9.17) is 5.11 Å². The van der Waals surface area contributed by atoms with Crippen molar-refractivity contribution in [2.45, 2.75) is 58.9 Å². The van der Waals surface area contributed by atoms with E-state index in [9.17, 15) is 4.79 Å². The van der Waals surface area contributed by atoms with Gasteiger partial charge in [0.05, 0.1) is 0 Å². The summed E-state index contributed by atoms with van der Waals surface area (Å²) in [6.07, 6.45) is 4.72. The van der Waals surface area contributed by atoms with Crippen LogP contribution >= 0.6 is 12.4 Å². The molecular formula is C13H26ClNO2. The molecular weight excluding hydrogens is 238 g/mol. The maximum atomic E-state index is 10.4. The lowest BCUT2D eigenvalue weighted by molar-refractivity contribution is -0.137. The van der Waals surface area contributed by atoms with Gasteiger partial charge >= 0.3 is 5.97 Å². The van der Waals surface area contributed by atoms with Gasteiger partial charge in [-0.15, -0.1) is 12.4 Å². The van der Waals surface area contributed by atoms with Gasteiger partial charge in [0.15, 0.2) is 0 Å². The van der Waals surface area contributed by atoms with Crippen LogP contribution in [-0.2, 0) is 4.79 Å². The first-order chi connectivity index (χ1) is 7.41. The van der Waals surface area contributed by atoms with Gasteiger partial charge < -0.3 is 5.11 Å². The molecule has 1 aliphatic rings. The Hall–Kier alpha value is -0.280. The van der Waals surface area contributed by atoms with Gasteiger partial charge in [0.2, 0.25) is 0 Å². The maximum absolute atomic E-state index is 10.4. The van der Waals surface area contributed by atoms with Crippen molar-refractivity contribution in [3.63, 3.8) is 0 Å². The molecule has 102 valence electrons. The molecule has 3 nitrogen and oxygen atoms in total. The number of hydrogen-bond acceptors (Lipinski definition) is 2. The van der Waals surface area contributed by atoms with E-state index in [0.29, 0.717) is 17.9 Å². The second-order valence-electron chi connectivity index (χ2n) is 5.91. The number of carbonyl (C=O) groups is 1. The van der Waals surface area contributed by atoms with Crippen molar-refractivity contribution in [3.8, 4) is 0 Å². The Morgan fingerprint density at radius 2 is 2.00 bits per heavy atom. The first-order valence-corrected chi connectivity index (χ1v) is 6.37. The molecule has 0 radical (unpaired) electrons. The summed E-state index contributed by atoms with van der Waals surface area (Å²) >= 11 is 0. The van der Waals surface area contributed by atoms with E-state index in [1.54, 1.807) is 0 Å². The predicted molar refractivity (Wildman–Crippen MR) is 72.8 cm³/mol. The van der Waals surface area contributed by atoms with Gasteiger partial charge in [-0.2, -0.15) is 0 Å². The van der Waals surface area contributed by atoms with Crippen LogP contribution in [-0.4, -0.2) is 35.1 Å². The molecule has 17 heavy (non-hydrogen) atoms. The molecule has 1 rings (SSSR count). The standard InChI is InChI=1S/C13H25NO2.ClH/c1-13(2,3)11-7-6-10-14(11)9-5-4-8-12(15)16;/h11H,4-10H2,1-3H3,(H,15,16);1H. The summed E-state index contributed by atoms with van der Waals surface area (Å²) < 4.78 is 0. The first-order valence-electron chi connectivity index (χ1n) is 6.37. The zero-order chi connectivity index (χ0) is 12.2. The number of carboxylic acids is 1. The van der Waals surface area contributed by atoms with E-state index in [2.05, 4.69) is 25.7 Å². The minimum Gasteiger partial charge on any atom is -0.481 e. The molecule has 0 aromatic heterocycles. The molecule has 1 unspecified atom stereocenters. The summed E-state index contributed by atoms with van der Waals surface area (Å²) in [4.78, 5) is 12.9. The smallest absolute Gasteiger partial charge is 0.303 e. The van der Waals surface area contributed by atoms with Crippen LogP contribution in [0.1, 0.15) is 52.9 Å². The molecule has 0 aliphatic carbocycles. The average molecular weight is 264 g/mol. The molecule has 0 amide bonds. The van der Waals surface area contributed by atoms with Crippen molar-refractivity contribution in [1.82, 2.24) is 4.90 Å². The van der Waals surface area contributed by atoms with Crippen LogP contribution in [0, 0.1) is 5.41 Å². The number of nitrogens with zero attached hydrogens (tertiary/aromatic N) is 1. The number of aliphatic carboxylic acids is 1. The lowest BCUT2D eigenvalue weighted by Crippen LogP contribution is -2.39. The Kier molecular flexibility index (Phi) is 7.10. The zero-order valence-electron chi connectivity index (χ0n) is 11.2. The molecule has 0 bridgehead atoms. The minimum atomic E-state index is -0.672. The van der Waals surface area contributed by atoms with Crippen molar-refractivity contribution in [1.29, 1.82) is 0 Å². The average Bonchev–Trinajstić information content (AvgIpc) is 2.59. The molecule has 0 spiro atoms. The van der Waals surface area contributed by atoms with E-state index in [1.165, 1.54) is 19.4 Å². The second-order valence-corrected chi connectivity index (χ2v) is 5.91. The summed E-state index contributed by atoms with van der Waals surface area (Å²) in [7, 11) is 0. The quantitative estimate of drug-likeness (QED) is 0.775. The van der Waals surface area contributed by atoms with Crippen molar-refractivity contribution >= 4 is 18.4 Å². The molecule has 1 atom stereocenters. The summed E-state index contributed by atoms with van der Waals surface area (Å²) in [5.41, 5.74) is 0.350. The van der Waals surface area contributed by atoms with Crippen LogP contribution in [0.5, 0.6) is 0 Å². The fraction of sp³-hybridized carbons (Fsp3) is 0.923. The van der Waals surface area contributed by atoms with Crippen LogP contribution in [0.2, 0.25) is 0 Å². The zero-order valence-corrected chi connectivity index (χ0v) is 12.1. The van der Waals surface area contributed by atoms with Crippen molar-refractivity contribution < 1.29 is 9.90 Å². The lowest BCUT2D eigenvalue weighted by atomic mass is 9.85. The minimum absolute atomic E-state index is 0. The van der Waals surface area contributed by atoms with E-state index in [0.717, 1.165) is 19.4 Å². The fourth-order valence-corrected chi connectivity index (χ4v) is 2.67. The summed E-state index contributed by atoms with van der Waals surface area (Å²) in [5.74, 6) is -0.672. The van der Waals surface area contributed by atoms with E-state index in [-0.39, 0.29) is 12.4 Å². The number of unbranched alkanes of at least 4 members (excludes halogenated alkanes) is 1. The number of likely N-dealkylation sites (tertiary alicyclic amines) is 1. The molecule has 1 aliphatic heterocycles. The van der Waals surface area contributed by atoms with Crippen molar-refractivity contribution in [2.24, 2.45) is 5.41 Å². The molecule has 0 aromatic carbocycles. The van der Waals surface area contributed by atoms with Gasteiger partial charge in [-0.25, -0.2) is 0 Å². The highest BCUT2D eigenvalue weighted by Crippen LogP contribution is 2.32. The topological polar surface area (TPSA) is 40.5 Å². The van der Waals surface area contributed by atoms with Gasteiger partial charge in [0.1, 0.15) is 0 Å². The lowest BCUT2D eigenvalue weighted by Gasteiger charge is -2.35. The summed E-state index contributed by atoms with van der Waals surface area (Å²) in [6.45, 7) is 9.15. The van der Waals surface area contributed by atoms with Gasteiger partial charge in [0.25, 0.3) is 0 Å². The Morgan fingerprint density at radius 3 is 2.53 bits per heavy atom. The summed E-state index contributed by atoms with van der Waals surface area (Å²) in [5, 5.41) is 8.57. The van der Waals surface area contributed by atoms with Gasteiger partial charge in [0, 0.05) is 12.5 Å². The molecule has 1 fully saturated rings. The predicted octanol–water partition coefficient (Wildman–Crippen LogP) is 3.17. The van der Waals surface area contributed by atoms with Crippen molar-refractivity contribution in [2.75, 3.05) is 13.1 Å². The highest BCUT2D eigenvalue weighted by Gasteiger charge is 2.33. The monoisotopic (exact) mass is 263 g/mol. The molecule has 0 aromatic rings. The van der Waals surface area contributed by atoms with Crippen LogP contribution in [0.25, 0.3) is 0 Å². The van der Waals surface area contributed by atoms with Crippen LogP contribution in [0.15, 0.2) is 0 Å². The van der Waals surface area contributed by atoms with Gasteiger partial charge in [-0.1, -0.05) is 20.8 Å².